The second-order valence-corrected chi connectivity index (χ2v) is 7.50. The lowest BCUT2D eigenvalue weighted by Crippen LogP contribution is -2.21. The maximum atomic E-state index is 9.31. The number of nitrogens with one attached hydrogen (secondary N) is 1. The van der Waals surface area contributed by atoms with Crippen molar-refractivity contribution in [2.75, 3.05) is 18.2 Å². The lowest BCUT2D eigenvalue weighted by atomic mass is 10.2. The Labute approximate surface area is 120 Å². The van der Waals surface area contributed by atoms with Crippen LogP contribution in [0.2, 0.25) is 0 Å². The number of aliphatic hydroxyl groups excluding tert-OH is 1. The van der Waals surface area contributed by atoms with E-state index in [-0.39, 0.29) is 11.4 Å². The van der Waals surface area contributed by atoms with E-state index < -0.39 is 0 Å². The van der Waals surface area contributed by atoms with Crippen molar-refractivity contribution >= 4 is 17.4 Å². The molecule has 0 radical (unpaired) electrons. The van der Waals surface area contributed by atoms with Crippen molar-refractivity contribution in [2.45, 2.75) is 45.1 Å². The van der Waals surface area contributed by atoms with Gasteiger partial charge in [-0.1, -0.05) is 20.8 Å². The predicted molar refractivity (Wildman–Crippen MR) is 84.2 cm³/mol. The molecule has 3 nitrogen and oxygen atoms in total. The second-order valence-electron chi connectivity index (χ2n) is 5.65. The Bertz CT molecular complexity index is 402. The van der Waals surface area contributed by atoms with E-state index in [2.05, 4.69) is 33.0 Å². The number of methoxy groups -OCH3 is 1. The SMILES string of the molecule is COc1ccc(NC(C)CSC(C)(C)C)cc1CO. The van der Waals surface area contributed by atoms with E-state index in [1.165, 1.54) is 0 Å². The third-order valence-corrected chi connectivity index (χ3v) is 4.16. The van der Waals surface area contributed by atoms with Crippen LogP contribution in [0.5, 0.6) is 5.75 Å². The Morgan fingerprint density at radius 1 is 1.37 bits per heavy atom. The maximum Gasteiger partial charge on any atom is 0.124 e. The van der Waals surface area contributed by atoms with Crippen molar-refractivity contribution < 1.29 is 9.84 Å². The highest BCUT2D eigenvalue weighted by atomic mass is 32.2. The Kier molecular flexibility index (Phi) is 6.01. The number of rotatable bonds is 6. The van der Waals surface area contributed by atoms with Gasteiger partial charge in [0, 0.05) is 27.8 Å². The standard InChI is InChI=1S/C15H25NO2S/c1-11(10-19-15(2,3)4)16-13-6-7-14(18-5)12(8-13)9-17/h6-8,11,16-17H,9-10H2,1-5H3. The highest BCUT2D eigenvalue weighted by molar-refractivity contribution is 8.00. The molecule has 0 saturated heterocycles. The molecule has 1 rings (SSSR count). The number of hydrogen-bond donors (Lipinski definition) is 2. The molecule has 0 spiro atoms. The van der Waals surface area contributed by atoms with E-state index >= 15 is 0 Å². The number of hydrogen-bond acceptors (Lipinski definition) is 4. The van der Waals surface area contributed by atoms with Crippen LogP contribution in [0.15, 0.2) is 18.2 Å². The molecule has 0 aliphatic rings. The quantitative estimate of drug-likeness (QED) is 0.838. The van der Waals surface area contributed by atoms with Crippen LogP contribution in [0, 0.1) is 0 Å². The summed E-state index contributed by atoms with van der Waals surface area (Å²) in [5, 5.41) is 12.8. The lowest BCUT2D eigenvalue weighted by molar-refractivity contribution is 0.274. The summed E-state index contributed by atoms with van der Waals surface area (Å²) in [6, 6.07) is 6.19. The van der Waals surface area contributed by atoms with Crippen molar-refractivity contribution in [1.82, 2.24) is 0 Å². The van der Waals surface area contributed by atoms with Crippen molar-refractivity contribution in [1.29, 1.82) is 0 Å². The fourth-order valence-electron chi connectivity index (χ4n) is 1.69. The summed E-state index contributed by atoms with van der Waals surface area (Å²) in [6.07, 6.45) is 0. The van der Waals surface area contributed by atoms with Gasteiger partial charge in [-0.15, -0.1) is 0 Å². The Balaban J connectivity index is 2.61. The van der Waals surface area contributed by atoms with Gasteiger partial charge in [0.05, 0.1) is 13.7 Å². The molecule has 1 aromatic carbocycles. The van der Waals surface area contributed by atoms with Crippen molar-refractivity contribution in [3.63, 3.8) is 0 Å². The van der Waals surface area contributed by atoms with Crippen LogP contribution < -0.4 is 10.1 Å². The molecule has 108 valence electrons. The monoisotopic (exact) mass is 283 g/mol. The van der Waals surface area contributed by atoms with Gasteiger partial charge in [0.25, 0.3) is 0 Å². The first-order chi connectivity index (χ1) is 8.85. The fourth-order valence-corrected chi connectivity index (χ4v) is 2.53. The first kappa shape index (κ1) is 16.2. The lowest BCUT2D eigenvalue weighted by Gasteiger charge is -2.22. The largest absolute Gasteiger partial charge is 0.496 e. The summed E-state index contributed by atoms with van der Waals surface area (Å²) in [4.78, 5) is 0. The molecule has 4 heteroatoms. The molecule has 0 heterocycles. The van der Waals surface area contributed by atoms with Gasteiger partial charge in [-0.2, -0.15) is 11.8 Å². The van der Waals surface area contributed by atoms with Gasteiger partial charge < -0.3 is 15.2 Å². The van der Waals surface area contributed by atoms with Crippen LogP contribution in [-0.4, -0.2) is 28.8 Å². The van der Waals surface area contributed by atoms with Gasteiger partial charge in [-0.3, -0.25) is 0 Å². The van der Waals surface area contributed by atoms with Crippen LogP contribution in [-0.2, 0) is 6.61 Å². The van der Waals surface area contributed by atoms with Crippen LogP contribution in [0.3, 0.4) is 0 Å². The van der Waals surface area contributed by atoms with Crippen LogP contribution in [0.1, 0.15) is 33.3 Å². The maximum absolute atomic E-state index is 9.31. The molecule has 1 unspecified atom stereocenters. The number of anilines is 1. The first-order valence-electron chi connectivity index (χ1n) is 6.54. The fraction of sp³-hybridized carbons (Fsp3) is 0.600. The summed E-state index contributed by atoms with van der Waals surface area (Å²) in [7, 11) is 1.62. The molecule has 19 heavy (non-hydrogen) atoms. The normalized spacial score (nSPS) is 13.2. The van der Waals surface area contributed by atoms with Gasteiger partial charge in [-0.25, -0.2) is 0 Å². The van der Waals surface area contributed by atoms with Crippen LogP contribution in [0.4, 0.5) is 5.69 Å². The van der Waals surface area contributed by atoms with E-state index in [0.29, 0.717) is 6.04 Å². The van der Waals surface area contributed by atoms with E-state index in [0.717, 1.165) is 22.8 Å². The highest BCUT2D eigenvalue weighted by Crippen LogP contribution is 2.26. The number of benzene rings is 1. The van der Waals surface area contributed by atoms with Crippen LogP contribution in [0.25, 0.3) is 0 Å². The zero-order valence-corrected chi connectivity index (χ0v) is 13.3. The molecule has 0 aromatic heterocycles. The molecule has 0 saturated carbocycles. The summed E-state index contributed by atoms with van der Waals surface area (Å²) in [6.45, 7) is 8.83. The molecular formula is C15H25NO2S. The minimum atomic E-state index is -0.0101. The summed E-state index contributed by atoms with van der Waals surface area (Å²) in [5.41, 5.74) is 1.83. The Morgan fingerprint density at radius 3 is 2.58 bits per heavy atom. The molecular weight excluding hydrogens is 258 g/mol. The third-order valence-electron chi connectivity index (χ3n) is 2.63. The molecule has 0 bridgehead atoms. The van der Waals surface area contributed by atoms with Gasteiger partial charge in [0.1, 0.15) is 5.75 Å². The van der Waals surface area contributed by atoms with Crippen molar-refractivity contribution in [3.05, 3.63) is 23.8 Å². The summed E-state index contributed by atoms with van der Waals surface area (Å²) >= 11 is 1.94. The summed E-state index contributed by atoms with van der Waals surface area (Å²) < 4.78 is 5.48. The molecule has 0 amide bonds. The zero-order valence-electron chi connectivity index (χ0n) is 12.5. The second kappa shape index (κ2) is 7.06. The number of thioether (sulfide) groups is 1. The highest BCUT2D eigenvalue weighted by Gasteiger charge is 2.13. The first-order valence-corrected chi connectivity index (χ1v) is 7.52. The minimum Gasteiger partial charge on any atom is -0.496 e. The molecule has 2 N–H and O–H groups in total. The van der Waals surface area contributed by atoms with Gasteiger partial charge in [0.15, 0.2) is 0 Å². The van der Waals surface area contributed by atoms with Crippen LogP contribution >= 0.6 is 11.8 Å². The topological polar surface area (TPSA) is 41.5 Å². The van der Waals surface area contributed by atoms with Gasteiger partial charge in [0.2, 0.25) is 0 Å². The number of aliphatic hydroxyl groups is 1. The zero-order chi connectivity index (χ0) is 14.5. The average Bonchev–Trinajstić information content (AvgIpc) is 2.35. The van der Waals surface area contributed by atoms with Gasteiger partial charge >= 0.3 is 0 Å². The molecule has 0 aliphatic heterocycles. The third kappa shape index (κ3) is 5.74. The average molecular weight is 283 g/mol. The summed E-state index contributed by atoms with van der Waals surface area (Å²) in [5.74, 6) is 1.77. The van der Waals surface area contributed by atoms with E-state index in [1.807, 2.05) is 30.0 Å². The Morgan fingerprint density at radius 2 is 2.05 bits per heavy atom. The smallest absolute Gasteiger partial charge is 0.124 e. The van der Waals surface area contributed by atoms with Crippen molar-refractivity contribution in [2.24, 2.45) is 0 Å². The Hall–Kier alpha value is -0.870. The van der Waals surface area contributed by atoms with Gasteiger partial charge in [-0.05, 0) is 25.1 Å². The van der Waals surface area contributed by atoms with E-state index in [1.54, 1.807) is 7.11 Å². The molecule has 0 fully saturated rings. The predicted octanol–water partition coefficient (Wildman–Crippen LogP) is 3.52. The van der Waals surface area contributed by atoms with E-state index in [4.69, 9.17) is 4.74 Å². The number of ether oxygens (including phenoxy) is 1. The molecule has 1 atom stereocenters. The molecule has 1 aromatic rings. The molecule has 0 aliphatic carbocycles. The minimum absolute atomic E-state index is 0.0101. The van der Waals surface area contributed by atoms with Crippen molar-refractivity contribution in [3.8, 4) is 5.75 Å². The van der Waals surface area contributed by atoms with E-state index in [9.17, 15) is 5.11 Å².